The molecule has 2 fully saturated rings. The highest BCUT2D eigenvalue weighted by Crippen LogP contribution is 2.20. The third kappa shape index (κ3) is 8.51. The summed E-state index contributed by atoms with van der Waals surface area (Å²) in [7, 11) is 1.78. The first kappa shape index (κ1) is 26.4. The van der Waals surface area contributed by atoms with Crippen molar-refractivity contribution in [3.05, 3.63) is 35.9 Å². The van der Waals surface area contributed by atoms with Crippen molar-refractivity contribution in [3.8, 4) is 0 Å². The summed E-state index contributed by atoms with van der Waals surface area (Å²) in [6, 6.07) is 12.4. The number of nitrogens with zero attached hydrogens (tertiary/aromatic N) is 3. The largest absolute Gasteiger partial charge is 0.383 e. The smallest absolute Gasteiger partial charge is 0.191 e. The number of piperidine rings is 1. The first-order valence-electron chi connectivity index (χ1n) is 11.8. The quantitative estimate of drug-likeness (QED) is 0.285. The molecule has 3 atom stereocenters. The standard InChI is InChI=1S/C24H41N5O.HI/c1-4-25-24(26-18-23-11-8-13-28(23)15-16-30-3)27-22-12-14-29(20(2)17-22)19-21-9-6-5-7-10-21;/h5-7,9-10,20,22-23H,4,8,11-19H2,1-3H3,(H2,25,26,27);1H. The van der Waals surface area contributed by atoms with E-state index in [1.165, 1.54) is 24.9 Å². The van der Waals surface area contributed by atoms with Gasteiger partial charge in [0.1, 0.15) is 0 Å². The zero-order valence-corrected chi connectivity index (χ0v) is 21.9. The van der Waals surface area contributed by atoms with Gasteiger partial charge in [0.2, 0.25) is 0 Å². The maximum Gasteiger partial charge on any atom is 0.191 e. The lowest BCUT2D eigenvalue weighted by atomic mass is 9.97. The van der Waals surface area contributed by atoms with Crippen LogP contribution in [0.3, 0.4) is 0 Å². The van der Waals surface area contributed by atoms with Gasteiger partial charge in [-0.25, -0.2) is 0 Å². The molecule has 0 aliphatic carbocycles. The normalized spacial score (nSPS) is 25.3. The van der Waals surface area contributed by atoms with Gasteiger partial charge in [0, 0.05) is 51.4 Å². The molecule has 2 aliphatic rings. The Morgan fingerprint density at radius 2 is 1.97 bits per heavy atom. The van der Waals surface area contributed by atoms with Gasteiger partial charge in [-0.2, -0.15) is 0 Å². The van der Waals surface area contributed by atoms with E-state index in [9.17, 15) is 0 Å². The fourth-order valence-corrected chi connectivity index (χ4v) is 4.72. The van der Waals surface area contributed by atoms with Crippen LogP contribution >= 0.6 is 24.0 Å². The highest BCUT2D eigenvalue weighted by atomic mass is 127. The molecule has 2 aliphatic heterocycles. The molecule has 0 aromatic heterocycles. The van der Waals surface area contributed by atoms with Crippen LogP contribution in [0.4, 0.5) is 0 Å². The second-order valence-electron chi connectivity index (χ2n) is 8.72. The van der Waals surface area contributed by atoms with Crippen molar-refractivity contribution in [2.45, 2.75) is 64.2 Å². The lowest BCUT2D eigenvalue weighted by Crippen LogP contribution is -2.51. The van der Waals surface area contributed by atoms with E-state index < -0.39 is 0 Å². The number of halogens is 1. The predicted octanol–water partition coefficient (Wildman–Crippen LogP) is 3.32. The summed E-state index contributed by atoms with van der Waals surface area (Å²) in [6.45, 7) is 11.4. The topological polar surface area (TPSA) is 52.1 Å². The number of likely N-dealkylation sites (tertiary alicyclic amines) is 2. The highest BCUT2D eigenvalue weighted by Gasteiger charge is 2.27. The van der Waals surface area contributed by atoms with Crippen LogP contribution in [-0.2, 0) is 11.3 Å². The van der Waals surface area contributed by atoms with E-state index in [1.54, 1.807) is 7.11 Å². The summed E-state index contributed by atoms with van der Waals surface area (Å²) >= 11 is 0. The zero-order chi connectivity index (χ0) is 21.2. The molecule has 3 unspecified atom stereocenters. The lowest BCUT2D eigenvalue weighted by molar-refractivity contribution is 0.134. The van der Waals surface area contributed by atoms with Gasteiger partial charge in [-0.3, -0.25) is 14.8 Å². The van der Waals surface area contributed by atoms with E-state index in [1.807, 2.05) is 0 Å². The van der Waals surface area contributed by atoms with E-state index >= 15 is 0 Å². The highest BCUT2D eigenvalue weighted by molar-refractivity contribution is 14.0. The van der Waals surface area contributed by atoms with Crippen molar-refractivity contribution in [1.82, 2.24) is 20.4 Å². The molecular formula is C24H42IN5O. The number of ether oxygens (including phenoxy) is 1. The predicted molar refractivity (Wildman–Crippen MR) is 140 cm³/mol. The molecule has 0 bridgehead atoms. The number of aliphatic imine (C=N–C) groups is 1. The Kier molecular flexibility index (Phi) is 12.1. The Morgan fingerprint density at radius 1 is 1.16 bits per heavy atom. The minimum atomic E-state index is 0. The van der Waals surface area contributed by atoms with Crippen molar-refractivity contribution in [2.75, 3.05) is 46.4 Å². The third-order valence-corrected chi connectivity index (χ3v) is 6.47. The van der Waals surface area contributed by atoms with Crippen molar-refractivity contribution in [3.63, 3.8) is 0 Å². The van der Waals surface area contributed by atoms with Crippen LogP contribution in [0.5, 0.6) is 0 Å². The van der Waals surface area contributed by atoms with Crippen LogP contribution in [-0.4, -0.2) is 80.3 Å². The molecule has 0 radical (unpaired) electrons. The second kappa shape index (κ2) is 14.3. The fourth-order valence-electron chi connectivity index (χ4n) is 4.72. The number of methoxy groups -OCH3 is 1. The third-order valence-electron chi connectivity index (χ3n) is 6.47. The van der Waals surface area contributed by atoms with Gasteiger partial charge < -0.3 is 15.4 Å². The number of hydrogen-bond donors (Lipinski definition) is 2. The maximum absolute atomic E-state index is 5.27. The number of hydrogen-bond acceptors (Lipinski definition) is 4. The van der Waals surface area contributed by atoms with Gasteiger partial charge in [0.05, 0.1) is 13.2 Å². The van der Waals surface area contributed by atoms with Gasteiger partial charge in [-0.1, -0.05) is 30.3 Å². The Labute approximate surface area is 206 Å². The van der Waals surface area contributed by atoms with Gasteiger partial charge in [0.15, 0.2) is 5.96 Å². The SMILES string of the molecule is CCNC(=NCC1CCCN1CCOC)NC1CCN(Cc2ccccc2)C(C)C1.I. The molecule has 0 spiro atoms. The molecule has 6 nitrogen and oxygen atoms in total. The number of guanidine groups is 1. The van der Waals surface area contributed by atoms with E-state index in [4.69, 9.17) is 9.73 Å². The van der Waals surface area contributed by atoms with E-state index in [0.717, 1.165) is 58.1 Å². The Bertz CT molecular complexity index is 644. The maximum atomic E-state index is 5.27. The summed E-state index contributed by atoms with van der Waals surface area (Å²) in [5.74, 6) is 0.977. The summed E-state index contributed by atoms with van der Waals surface area (Å²) < 4.78 is 5.27. The van der Waals surface area contributed by atoms with Crippen molar-refractivity contribution < 1.29 is 4.74 Å². The second-order valence-corrected chi connectivity index (χ2v) is 8.72. The summed E-state index contributed by atoms with van der Waals surface area (Å²) in [5, 5.41) is 7.18. The molecule has 31 heavy (non-hydrogen) atoms. The molecule has 0 amide bonds. The Hall–Kier alpha value is -0.900. The monoisotopic (exact) mass is 543 g/mol. The van der Waals surface area contributed by atoms with Crippen LogP contribution in [0.2, 0.25) is 0 Å². The molecule has 2 saturated heterocycles. The lowest BCUT2D eigenvalue weighted by Gasteiger charge is -2.38. The average Bonchev–Trinajstić information content (AvgIpc) is 3.20. The molecule has 176 valence electrons. The summed E-state index contributed by atoms with van der Waals surface area (Å²) in [4.78, 5) is 10.1. The van der Waals surface area contributed by atoms with Crippen LogP contribution in [0.25, 0.3) is 0 Å². The van der Waals surface area contributed by atoms with E-state index in [2.05, 4.69) is 64.6 Å². The first-order valence-corrected chi connectivity index (χ1v) is 11.8. The number of benzene rings is 1. The van der Waals surface area contributed by atoms with Crippen molar-refractivity contribution in [2.24, 2.45) is 4.99 Å². The fraction of sp³-hybridized carbons (Fsp3) is 0.708. The summed E-state index contributed by atoms with van der Waals surface area (Å²) in [5.41, 5.74) is 1.40. The molecule has 1 aromatic carbocycles. The van der Waals surface area contributed by atoms with Crippen molar-refractivity contribution in [1.29, 1.82) is 0 Å². The van der Waals surface area contributed by atoms with Gasteiger partial charge in [0.25, 0.3) is 0 Å². The minimum Gasteiger partial charge on any atom is -0.383 e. The van der Waals surface area contributed by atoms with E-state index in [-0.39, 0.29) is 24.0 Å². The van der Waals surface area contributed by atoms with Crippen LogP contribution in [0.15, 0.2) is 35.3 Å². The number of nitrogens with one attached hydrogen (secondary N) is 2. The Morgan fingerprint density at radius 3 is 2.68 bits per heavy atom. The van der Waals surface area contributed by atoms with Gasteiger partial charge in [-0.15, -0.1) is 24.0 Å². The molecular weight excluding hydrogens is 501 g/mol. The zero-order valence-electron chi connectivity index (χ0n) is 19.6. The molecule has 2 N–H and O–H groups in total. The molecule has 0 saturated carbocycles. The van der Waals surface area contributed by atoms with Crippen LogP contribution in [0, 0.1) is 0 Å². The van der Waals surface area contributed by atoms with Crippen molar-refractivity contribution >= 4 is 29.9 Å². The molecule has 1 aromatic rings. The molecule has 2 heterocycles. The van der Waals surface area contributed by atoms with Crippen LogP contribution in [0.1, 0.15) is 45.1 Å². The average molecular weight is 544 g/mol. The van der Waals surface area contributed by atoms with E-state index in [0.29, 0.717) is 18.1 Å². The van der Waals surface area contributed by atoms with Gasteiger partial charge >= 0.3 is 0 Å². The van der Waals surface area contributed by atoms with Crippen LogP contribution < -0.4 is 10.6 Å². The summed E-state index contributed by atoms with van der Waals surface area (Å²) in [6.07, 6.45) is 4.82. The van der Waals surface area contributed by atoms with Gasteiger partial charge in [-0.05, 0) is 51.6 Å². The number of rotatable bonds is 9. The first-order chi connectivity index (χ1) is 14.7. The molecule has 7 heteroatoms. The minimum absolute atomic E-state index is 0. The Balaban J connectivity index is 0.00000341. The molecule has 3 rings (SSSR count).